The molecule has 0 fully saturated rings. The molecular formula is C19H21N5O3. The van der Waals surface area contributed by atoms with E-state index in [-0.39, 0.29) is 5.69 Å². The molecule has 0 unspecified atom stereocenters. The van der Waals surface area contributed by atoms with Crippen LogP contribution in [0.1, 0.15) is 28.8 Å². The number of aryl methyl sites for hydroxylation is 2. The lowest BCUT2D eigenvalue weighted by molar-refractivity contribution is -0.123. The Kier molecular flexibility index (Phi) is 5.07. The van der Waals surface area contributed by atoms with Crippen LogP contribution in [0.4, 0.5) is 5.69 Å². The van der Waals surface area contributed by atoms with Crippen LogP contribution in [-0.2, 0) is 16.6 Å². The van der Waals surface area contributed by atoms with Gasteiger partial charge in [0.1, 0.15) is 5.69 Å². The van der Waals surface area contributed by atoms with Crippen molar-refractivity contribution in [2.45, 2.75) is 26.9 Å². The number of aromatic nitrogens is 4. The van der Waals surface area contributed by atoms with Crippen molar-refractivity contribution in [1.29, 1.82) is 0 Å². The number of nitrogens with one attached hydrogen (secondary N) is 2. The predicted octanol–water partition coefficient (Wildman–Crippen LogP) is 2.61. The maximum atomic E-state index is 12.4. The van der Waals surface area contributed by atoms with Gasteiger partial charge in [-0.2, -0.15) is 10.2 Å². The molecule has 140 valence electrons. The highest BCUT2D eigenvalue weighted by atomic mass is 16.5. The van der Waals surface area contributed by atoms with Crippen LogP contribution < -0.4 is 5.32 Å². The summed E-state index contributed by atoms with van der Waals surface area (Å²) >= 11 is 0. The summed E-state index contributed by atoms with van der Waals surface area (Å²) in [6, 6.07) is 11.0. The number of nitrogens with zero attached hydrogens (tertiary/aromatic N) is 3. The van der Waals surface area contributed by atoms with Crippen molar-refractivity contribution in [2.75, 3.05) is 5.32 Å². The summed E-state index contributed by atoms with van der Waals surface area (Å²) in [6.45, 7) is 5.17. The Morgan fingerprint density at radius 2 is 1.93 bits per heavy atom. The van der Waals surface area contributed by atoms with Gasteiger partial charge in [-0.3, -0.25) is 14.6 Å². The van der Waals surface area contributed by atoms with E-state index in [0.717, 1.165) is 11.3 Å². The number of H-pyrrole nitrogens is 1. The lowest BCUT2D eigenvalue weighted by Gasteiger charge is -2.13. The third-order valence-electron chi connectivity index (χ3n) is 4.28. The molecule has 1 amide bonds. The standard InChI is InChI=1S/C19H21N5O3/c1-11-17(12(2)24(4)23-11)20-18(25)13(3)27-19(26)16-10-15(21-22-16)14-8-6-5-7-9-14/h5-10,13H,1-4H3,(H,20,25)(H,21,22)/t13-/m1/s1. The Morgan fingerprint density at radius 3 is 2.56 bits per heavy atom. The molecule has 1 aromatic carbocycles. The first kappa shape index (κ1) is 18.4. The van der Waals surface area contributed by atoms with Gasteiger partial charge < -0.3 is 10.1 Å². The highest BCUT2D eigenvalue weighted by Gasteiger charge is 2.22. The first-order valence-corrected chi connectivity index (χ1v) is 8.49. The second-order valence-electron chi connectivity index (χ2n) is 6.24. The normalized spacial score (nSPS) is 11.9. The average Bonchev–Trinajstić information content (AvgIpc) is 3.23. The number of hydrogen-bond donors (Lipinski definition) is 2. The van der Waals surface area contributed by atoms with Crippen LogP contribution >= 0.6 is 0 Å². The molecule has 3 aromatic rings. The van der Waals surface area contributed by atoms with E-state index in [2.05, 4.69) is 20.6 Å². The highest BCUT2D eigenvalue weighted by molar-refractivity contribution is 5.97. The molecule has 0 saturated heterocycles. The monoisotopic (exact) mass is 367 g/mol. The fraction of sp³-hybridized carbons (Fsp3) is 0.263. The van der Waals surface area contributed by atoms with Crippen molar-refractivity contribution >= 4 is 17.6 Å². The zero-order chi connectivity index (χ0) is 19.6. The van der Waals surface area contributed by atoms with E-state index in [1.807, 2.05) is 37.3 Å². The Morgan fingerprint density at radius 1 is 1.22 bits per heavy atom. The van der Waals surface area contributed by atoms with Crippen molar-refractivity contribution in [3.8, 4) is 11.3 Å². The molecule has 2 heterocycles. The van der Waals surface area contributed by atoms with E-state index >= 15 is 0 Å². The van der Waals surface area contributed by atoms with E-state index in [9.17, 15) is 9.59 Å². The summed E-state index contributed by atoms with van der Waals surface area (Å²) in [5.41, 5.74) is 3.83. The minimum Gasteiger partial charge on any atom is -0.448 e. The fourth-order valence-corrected chi connectivity index (χ4v) is 2.64. The van der Waals surface area contributed by atoms with Crippen molar-refractivity contribution in [2.24, 2.45) is 7.05 Å². The van der Waals surface area contributed by atoms with Gasteiger partial charge in [-0.15, -0.1) is 0 Å². The largest absolute Gasteiger partial charge is 0.448 e. The number of rotatable bonds is 5. The van der Waals surface area contributed by atoms with Gasteiger partial charge in [-0.05, 0) is 26.8 Å². The van der Waals surface area contributed by atoms with E-state index in [0.29, 0.717) is 17.1 Å². The molecule has 0 aliphatic heterocycles. The van der Waals surface area contributed by atoms with E-state index < -0.39 is 18.0 Å². The smallest absolute Gasteiger partial charge is 0.357 e. The van der Waals surface area contributed by atoms with Gasteiger partial charge in [0.15, 0.2) is 6.10 Å². The van der Waals surface area contributed by atoms with Crippen LogP contribution in [0.5, 0.6) is 0 Å². The van der Waals surface area contributed by atoms with Crippen molar-refractivity contribution in [3.63, 3.8) is 0 Å². The zero-order valence-electron chi connectivity index (χ0n) is 15.6. The Labute approximate surface area is 156 Å². The van der Waals surface area contributed by atoms with Gasteiger partial charge in [0.2, 0.25) is 0 Å². The number of amides is 1. The van der Waals surface area contributed by atoms with Gasteiger partial charge >= 0.3 is 5.97 Å². The predicted molar refractivity (Wildman–Crippen MR) is 100 cm³/mol. The van der Waals surface area contributed by atoms with Crippen LogP contribution in [0.15, 0.2) is 36.4 Å². The van der Waals surface area contributed by atoms with Crippen LogP contribution in [0.3, 0.4) is 0 Å². The summed E-state index contributed by atoms with van der Waals surface area (Å²) in [5.74, 6) is -1.07. The van der Waals surface area contributed by atoms with E-state index in [1.54, 1.807) is 24.7 Å². The number of hydrogen-bond acceptors (Lipinski definition) is 5. The average molecular weight is 367 g/mol. The Hall–Kier alpha value is -3.42. The second-order valence-corrected chi connectivity index (χ2v) is 6.24. The van der Waals surface area contributed by atoms with Gasteiger partial charge in [0.25, 0.3) is 5.91 Å². The van der Waals surface area contributed by atoms with Crippen molar-refractivity contribution in [1.82, 2.24) is 20.0 Å². The lowest BCUT2D eigenvalue weighted by Crippen LogP contribution is -2.30. The summed E-state index contributed by atoms with van der Waals surface area (Å²) in [7, 11) is 1.80. The number of anilines is 1. The van der Waals surface area contributed by atoms with Gasteiger partial charge in [-0.1, -0.05) is 30.3 Å². The van der Waals surface area contributed by atoms with Crippen LogP contribution in [0.25, 0.3) is 11.3 Å². The van der Waals surface area contributed by atoms with Gasteiger partial charge in [0.05, 0.1) is 22.8 Å². The van der Waals surface area contributed by atoms with Gasteiger partial charge in [-0.25, -0.2) is 4.79 Å². The van der Waals surface area contributed by atoms with E-state index in [4.69, 9.17) is 4.74 Å². The van der Waals surface area contributed by atoms with Crippen molar-refractivity contribution in [3.05, 3.63) is 53.5 Å². The molecule has 2 aromatic heterocycles. The minimum absolute atomic E-state index is 0.183. The molecule has 0 aliphatic rings. The number of esters is 1. The molecule has 0 bridgehead atoms. The zero-order valence-corrected chi connectivity index (χ0v) is 15.6. The summed E-state index contributed by atoms with van der Waals surface area (Å²) in [5, 5.41) is 13.8. The van der Waals surface area contributed by atoms with E-state index in [1.165, 1.54) is 6.92 Å². The third kappa shape index (κ3) is 3.89. The molecule has 0 spiro atoms. The summed E-state index contributed by atoms with van der Waals surface area (Å²) in [6.07, 6.45) is -0.972. The van der Waals surface area contributed by atoms with Crippen LogP contribution in [0.2, 0.25) is 0 Å². The molecule has 27 heavy (non-hydrogen) atoms. The number of ether oxygens (including phenoxy) is 1. The number of carbonyl (C=O) groups excluding carboxylic acids is 2. The molecule has 1 atom stereocenters. The molecule has 8 heteroatoms. The molecule has 2 N–H and O–H groups in total. The van der Waals surface area contributed by atoms with Crippen LogP contribution in [0, 0.1) is 13.8 Å². The highest BCUT2D eigenvalue weighted by Crippen LogP contribution is 2.20. The molecule has 0 radical (unpaired) electrons. The first-order valence-electron chi connectivity index (χ1n) is 8.49. The maximum absolute atomic E-state index is 12.4. The SMILES string of the molecule is Cc1nn(C)c(C)c1NC(=O)[C@@H](C)OC(=O)c1cc(-c2ccccc2)n[nH]1. The second kappa shape index (κ2) is 7.45. The first-order chi connectivity index (χ1) is 12.9. The molecular weight excluding hydrogens is 346 g/mol. The fourth-order valence-electron chi connectivity index (χ4n) is 2.64. The number of benzene rings is 1. The number of aromatic amines is 1. The quantitative estimate of drug-likeness (QED) is 0.675. The minimum atomic E-state index is -0.972. The summed E-state index contributed by atoms with van der Waals surface area (Å²) in [4.78, 5) is 24.7. The maximum Gasteiger partial charge on any atom is 0.357 e. The molecule has 0 aliphatic carbocycles. The van der Waals surface area contributed by atoms with Crippen LogP contribution in [-0.4, -0.2) is 38.0 Å². The molecule has 8 nitrogen and oxygen atoms in total. The molecule has 3 rings (SSSR count). The third-order valence-corrected chi connectivity index (χ3v) is 4.28. The topological polar surface area (TPSA) is 102 Å². The Balaban J connectivity index is 1.65. The lowest BCUT2D eigenvalue weighted by atomic mass is 10.1. The Bertz CT molecular complexity index is 975. The molecule has 0 saturated carbocycles. The summed E-state index contributed by atoms with van der Waals surface area (Å²) < 4.78 is 6.93. The van der Waals surface area contributed by atoms with Crippen molar-refractivity contribution < 1.29 is 14.3 Å². The number of carbonyl (C=O) groups is 2. The van der Waals surface area contributed by atoms with Gasteiger partial charge in [0, 0.05) is 12.6 Å².